The highest BCUT2D eigenvalue weighted by atomic mass is 16.6. The summed E-state index contributed by atoms with van der Waals surface area (Å²) >= 11 is 0. The van der Waals surface area contributed by atoms with Crippen LogP contribution in [0.5, 0.6) is 0 Å². The minimum atomic E-state index is -0.890. The van der Waals surface area contributed by atoms with E-state index in [4.69, 9.17) is 9.47 Å². The molecule has 0 saturated carbocycles. The third-order valence-corrected chi connectivity index (χ3v) is 3.96. The molecule has 3 atom stereocenters. The van der Waals surface area contributed by atoms with Crippen LogP contribution < -0.4 is 0 Å². The second-order valence-corrected chi connectivity index (χ2v) is 6.17. The molecule has 0 N–H and O–H groups in total. The van der Waals surface area contributed by atoms with E-state index in [9.17, 15) is 4.79 Å². The normalized spacial score (nSPS) is 43.1. The second-order valence-electron chi connectivity index (χ2n) is 6.17. The van der Waals surface area contributed by atoms with Crippen LogP contribution in [0.3, 0.4) is 0 Å². The molecule has 2 aliphatic rings. The van der Waals surface area contributed by atoms with E-state index in [-0.39, 0.29) is 17.5 Å². The van der Waals surface area contributed by atoms with E-state index in [1.165, 1.54) is 0 Å². The lowest BCUT2D eigenvalue weighted by Crippen LogP contribution is -2.55. The molecule has 3 nitrogen and oxygen atoms in total. The van der Waals surface area contributed by atoms with Gasteiger partial charge in [-0.05, 0) is 52.7 Å². The number of hydrogen-bond donors (Lipinski definition) is 0. The average molecular weight is 250 g/mol. The molecule has 0 spiro atoms. The summed E-state index contributed by atoms with van der Waals surface area (Å²) in [5, 5.41) is 0. The molecule has 100 valence electrons. The van der Waals surface area contributed by atoms with Crippen molar-refractivity contribution in [3.8, 4) is 0 Å². The van der Waals surface area contributed by atoms with Crippen molar-refractivity contribution in [2.24, 2.45) is 0 Å². The van der Waals surface area contributed by atoms with Gasteiger partial charge in [-0.25, -0.2) is 0 Å². The van der Waals surface area contributed by atoms with Crippen LogP contribution in [0.25, 0.3) is 0 Å². The van der Waals surface area contributed by atoms with E-state index in [1.807, 2.05) is 33.8 Å². The monoisotopic (exact) mass is 250 g/mol. The summed E-state index contributed by atoms with van der Waals surface area (Å²) in [7, 11) is 0. The highest BCUT2D eigenvalue weighted by Crippen LogP contribution is 2.41. The van der Waals surface area contributed by atoms with Crippen molar-refractivity contribution in [3.05, 3.63) is 24.8 Å². The van der Waals surface area contributed by atoms with Crippen molar-refractivity contribution in [1.29, 1.82) is 0 Å². The van der Waals surface area contributed by atoms with Gasteiger partial charge >= 0.3 is 0 Å². The zero-order valence-corrected chi connectivity index (χ0v) is 11.7. The topological polar surface area (TPSA) is 35.5 Å². The van der Waals surface area contributed by atoms with Crippen LogP contribution in [0.1, 0.15) is 40.5 Å². The van der Waals surface area contributed by atoms with E-state index in [2.05, 4.69) is 6.58 Å². The van der Waals surface area contributed by atoms with E-state index in [0.29, 0.717) is 0 Å². The first kappa shape index (κ1) is 13.5. The molecule has 0 bridgehead atoms. The van der Waals surface area contributed by atoms with Crippen molar-refractivity contribution in [2.45, 2.75) is 63.4 Å². The maximum Gasteiger partial charge on any atom is 0.189 e. The summed E-state index contributed by atoms with van der Waals surface area (Å²) in [4.78, 5) is 12.2. The maximum atomic E-state index is 12.2. The molecule has 0 radical (unpaired) electrons. The Bertz CT molecular complexity index is 410. The Hall–Kier alpha value is -0.930. The number of ketones is 1. The van der Waals surface area contributed by atoms with Crippen molar-refractivity contribution in [2.75, 3.05) is 0 Å². The van der Waals surface area contributed by atoms with Gasteiger partial charge in [-0.15, -0.1) is 6.58 Å². The lowest BCUT2D eigenvalue weighted by Gasteiger charge is -2.42. The van der Waals surface area contributed by atoms with Crippen LogP contribution in [0, 0.1) is 0 Å². The molecular weight excluding hydrogens is 228 g/mol. The van der Waals surface area contributed by atoms with Crippen molar-refractivity contribution in [3.63, 3.8) is 0 Å². The van der Waals surface area contributed by atoms with Gasteiger partial charge in [0.05, 0.1) is 17.3 Å². The molecule has 1 saturated heterocycles. The lowest BCUT2D eigenvalue weighted by molar-refractivity contribution is -0.190. The summed E-state index contributed by atoms with van der Waals surface area (Å²) < 4.78 is 12.0. The van der Waals surface area contributed by atoms with Crippen LogP contribution >= 0.6 is 0 Å². The first-order valence-electron chi connectivity index (χ1n) is 6.46. The SMILES string of the molecule is C=C[C@@]1(C)CCC(C2(C)OC(C)(C)C=CC2=O)O1. The Balaban J connectivity index is 2.25. The van der Waals surface area contributed by atoms with E-state index in [0.717, 1.165) is 12.8 Å². The Kier molecular flexibility index (Phi) is 3.03. The number of ether oxygens (including phenoxy) is 2. The van der Waals surface area contributed by atoms with Gasteiger partial charge < -0.3 is 9.47 Å². The molecule has 18 heavy (non-hydrogen) atoms. The smallest absolute Gasteiger partial charge is 0.189 e. The minimum absolute atomic E-state index is 0.0138. The number of rotatable bonds is 2. The molecule has 2 aliphatic heterocycles. The van der Waals surface area contributed by atoms with Gasteiger partial charge in [0.2, 0.25) is 0 Å². The number of hydrogen-bond acceptors (Lipinski definition) is 3. The quantitative estimate of drug-likeness (QED) is 0.707. The Morgan fingerprint density at radius 3 is 2.61 bits per heavy atom. The number of carbonyl (C=O) groups is 1. The summed E-state index contributed by atoms with van der Waals surface area (Å²) in [6.07, 6.45) is 6.71. The van der Waals surface area contributed by atoms with Gasteiger partial charge in [0.1, 0.15) is 0 Å². The predicted octanol–water partition coefficient (Wildman–Crippen LogP) is 2.80. The maximum absolute atomic E-state index is 12.2. The summed E-state index contributed by atoms with van der Waals surface area (Å²) in [5.41, 5.74) is -1.67. The summed E-state index contributed by atoms with van der Waals surface area (Å²) in [6.45, 7) is 11.5. The molecule has 2 rings (SSSR count). The second kappa shape index (κ2) is 4.04. The van der Waals surface area contributed by atoms with Gasteiger partial charge in [-0.2, -0.15) is 0 Å². The van der Waals surface area contributed by atoms with E-state index < -0.39 is 11.2 Å². The van der Waals surface area contributed by atoms with Crippen molar-refractivity contribution in [1.82, 2.24) is 0 Å². The van der Waals surface area contributed by atoms with Gasteiger partial charge in [-0.1, -0.05) is 6.08 Å². The molecule has 2 heterocycles. The zero-order valence-electron chi connectivity index (χ0n) is 11.7. The minimum Gasteiger partial charge on any atom is -0.364 e. The lowest BCUT2D eigenvalue weighted by atomic mass is 9.86. The van der Waals surface area contributed by atoms with Gasteiger partial charge in [0.15, 0.2) is 11.4 Å². The predicted molar refractivity (Wildman–Crippen MR) is 70.4 cm³/mol. The molecule has 2 unspecified atom stereocenters. The first-order chi connectivity index (χ1) is 8.21. The molecule has 0 aromatic rings. The highest BCUT2D eigenvalue weighted by molar-refractivity contribution is 5.98. The fourth-order valence-electron chi connectivity index (χ4n) is 2.70. The van der Waals surface area contributed by atoms with Crippen LogP contribution in [-0.2, 0) is 14.3 Å². The largest absolute Gasteiger partial charge is 0.364 e. The van der Waals surface area contributed by atoms with Crippen molar-refractivity contribution < 1.29 is 14.3 Å². The van der Waals surface area contributed by atoms with E-state index >= 15 is 0 Å². The third-order valence-electron chi connectivity index (χ3n) is 3.96. The van der Waals surface area contributed by atoms with Crippen LogP contribution in [-0.4, -0.2) is 28.7 Å². The standard InChI is InChI=1S/C15H22O3/c1-6-14(4)10-8-12(17-14)15(5)11(16)7-9-13(2,3)18-15/h6-7,9,12H,1,8,10H2,2-5H3/t12?,14-,15?/m0/s1. The van der Waals surface area contributed by atoms with Gasteiger partial charge in [0, 0.05) is 0 Å². The molecule has 0 aromatic heterocycles. The Morgan fingerprint density at radius 2 is 2.06 bits per heavy atom. The molecule has 0 aliphatic carbocycles. The molecule has 1 fully saturated rings. The summed E-state index contributed by atoms with van der Waals surface area (Å²) in [5.74, 6) is -0.0138. The van der Waals surface area contributed by atoms with Crippen LogP contribution in [0.15, 0.2) is 24.8 Å². The molecule has 0 aromatic carbocycles. The van der Waals surface area contributed by atoms with Crippen molar-refractivity contribution >= 4 is 5.78 Å². The molecule has 3 heteroatoms. The van der Waals surface area contributed by atoms with Gasteiger partial charge in [-0.3, -0.25) is 4.79 Å². The molecular formula is C15H22O3. The molecule has 0 amide bonds. The fourth-order valence-corrected chi connectivity index (χ4v) is 2.70. The van der Waals surface area contributed by atoms with E-state index in [1.54, 1.807) is 12.2 Å². The average Bonchev–Trinajstić information content (AvgIpc) is 2.68. The number of carbonyl (C=O) groups excluding carboxylic acids is 1. The van der Waals surface area contributed by atoms with Crippen LogP contribution in [0.4, 0.5) is 0 Å². The zero-order chi connectivity index (χ0) is 13.6. The highest BCUT2D eigenvalue weighted by Gasteiger charge is 2.52. The first-order valence-corrected chi connectivity index (χ1v) is 6.46. The fraction of sp³-hybridized carbons (Fsp3) is 0.667. The van der Waals surface area contributed by atoms with Crippen LogP contribution in [0.2, 0.25) is 0 Å². The summed E-state index contributed by atoms with van der Waals surface area (Å²) in [6, 6.07) is 0. The Morgan fingerprint density at radius 1 is 1.39 bits per heavy atom. The Labute approximate surface area is 109 Å². The third kappa shape index (κ3) is 2.17. The van der Waals surface area contributed by atoms with Gasteiger partial charge in [0.25, 0.3) is 0 Å².